The third kappa shape index (κ3) is 3.91. The van der Waals surface area contributed by atoms with Gasteiger partial charge in [0.25, 0.3) is 0 Å². The molecule has 0 radical (unpaired) electrons. The van der Waals surface area contributed by atoms with E-state index in [1.807, 2.05) is 18.3 Å². The third-order valence-corrected chi connectivity index (χ3v) is 6.39. The van der Waals surface area contributed by atoms with Crippen molar-refractivity contribution in [3.05, 3.63) is 29.5 Å². The molecule has 0 saturated carbocycles. The Bertz CT molecular complexity index is 1140. The molecule has 4 rings (SSSR count). The fourth-order valence-electron chi connectivity index (χ4n) is 3.93. The Balaban J connectivity index is 1.69. The first kappa shape index (κ1) is 20.0. The quantitative estimate of drug-likeness (QED) is 0.609. The summed E-state index contributed by atoms with van der Waals surface area (Å²) < 4.78 is 0. The number of pyridine rings is 1. The van der Waals surface area contributed by atoms with Gasteiger partial charge in [-0.2, -0.15) is 5.26 Å². The van der Waals surface area contributed by atoms with Crippen molar-refractivity contribution in [3.63, 3.8) is 0 Å². The van der Waals surface area contributed by atoms with E-state index in [1.165, 1.54) is 18.3 Å². The van der Waals surface area contributed by atoms with Gasteiger partial charge in [0, 0.05) is 50.0 Å². The summed E-state index contributed by atoms with van der Waals surface area (Å²) in [5, 5.41) is 14.1. The monoisotopic (exact) mass is 422 g/mol. The summed E-state index contributed by atoms with van der Waals surface area (Å²) in [5.74, 6) is 0.162. The molecule has 154 valence electrons. The minimum absolute atomic E-state index is 0.0170. The molecule has 30 heavy (non-hydrogen) atoms. The molecule has 1 saturated heterocycles. The Morgan fingerprint density at radius 1 is 1.37 bits per heavy atom. The summed E-state index contributed by atoms with van der Waals surface area (Å²) in [6.45, 7) is 4.84. The van der Waals surface area contributed by atoms with Gasteiger partial charge < -0.3 is 15.2 Å². The average molecular weight is 423 g/mol. The van der Waals surface area contributed by atoms with E-state index in [0.717, 1.165) is 33.7 Å². The third-order valence-electron chi connectivity index (χ3n) is 5.26. The molecule has 0 bridgehead atoms. The van der Waals surface area contributed by atoms with Crippen LogP contribution in [0.25, 0.3) is 21.6 Å². The number of rotatable bonds is 5. The number of ketones is 1. The Labute approximate surface area is 177 Å². The standard InChI is InChI=1S/C21H22N6O2S/c1-12-7-14(11-27(10-12)18(29)3-5-22)26-19-15-4-6-23-20(15)24-8-16(19)21-25-9-17(30-21)13(2)28/h4,6,8-9,12,14H,3,7,10-11H2,1-2H3,(H2,23,24,26)/t12-,14+/m0/s1. The first-order valence-electron chi connectivity index (χ1n) is 9.80. The van der Waals surface area contributed by atoms with E-state index in [0.29, 0.717) is 23.9 Å². The zero-order chi connectivity index (χ0) is 21.3. The number of carbonyl (C=O) groups is 2. The van der Waals surface area contributed by atoms with Crippen LogP contribution in [0.1, 0.15) is 36.4 Å². The zero-order valence-electron chi connectivity index (χ0n) is 16.8. The van der Waals surface area contributed by atoms with Crippen molar-refractivity contribution >= 4 is 39.7 Å². The summed E-state index contributed by atoms with van der Waals surface area (Å²) in [4.78, 5) is 38.4. The summed E-state index contributed by atoms with van der Waals surface area (Å²) in [6, 6.07) is 3.94. The van der Waals surface area contributed by atoms with Crippen molar-refractivity contribution in [2.45, 2.75) is 32.7 Å². The second-order valence-electron chi connectivity index (χ2n) is 7.69. The number of fused-ring (bicyclic) bond motifs is 1. The van der Waals surface area contributed by atoms with Crippen LogP contribution >= 0.6 is 11.3 Å². The minimum Gasteiger partial charge on any atom is -0.379 e. The molecule has 8 nitrogen and oxygen atoms in total. The van der Waals surface area contributed by atoms with E-state index in [2.05, 4.69) is 27.2 Å². The number of piperidine rings is 1. The number of H-pyrrole nitrogens is 1. The van der Waals surface area contributed by atoms with Crippen molar-refractivity contribution in [3.8, 4) is 16.6 Å². The maximum Gasteiger partial charge on any atom is 0.236 e. The van der Waals surface area contributed by atoms with Crippen LogP contribution in [0.2, 0.25) is 0 Å². The number of carbonyl (C=O) groups excluding carboxylic acids is 2. The van der Waals surface area contributed by atoms with Gasteiger partial charge >= 0.3 is 0 Å². The van der Waals surface area contributed by atoms with Crippen molar-refractivity contribution in [1.82, 2.24) is 19.9 Å². The van der Waals surface area contributed by atoms with Crippen LogP contribution in [-0.4, -0.2) is 50.7 Å². The number of nitrogens with zero attached hydrogens (tertiary/aromatic N) is 4. The number of likely N-dealkylation sites (tertiary alicyclic amines) is 1. The van der Waals surface area contributed by atoms with Crippen molar-refractivity contribution in [2.75, 3.05) is 18.4 Å². The Morgan fingerprint density at radius 2 is 2.20 bits per heavy atom. The van der Waals surface area contributed by atoms with Crippen LogP contribution in [0.5, 0.6) is 0 Å². The van der Waals surface area contributed by atoms with Crippen LogP contribution in [0.15, 0.2) is 24.7 Å². The fraction of sp³-hybridized carbons (Fsp3) is 0.381. The first-order chi connectivity index (χ1) is 14.5. The highest BCUT2D eigenvalue weighted by Crippen LogP contribution is 2.37. The molecule has 0 spiro atoms. The lowest BCUT2D eigenvalue weighted by molar-refractivity contribution is -0.132. The Morgan fingerprint density at radius 3 is 2.93 bits per heavy atom. The molecule has 4 heterocycles. The predicted molar refractivity (Wildman–Crippen MR) is 115 cm³/mol. The van der Waals surface area contributed by atoms with Gasteiger partial charge in [0.05, 0.1) is 22.2 Å². The van der Waals surface area contributed by atoms with E-state index in [4.69, 9.17) is 5.26 Å². The highest BCUT2D eigenvalue weighted by Gasteiger charge is 2.29. The number of amides is 1. The van der Waals surface area contributed by atoms with Gasteiger partial charge in [-0.05, 0) is 18.4 Å². The minimum atomic E-state index is -0.136. The molecular weight excluding hydrogens is 400 g/mol. The summed E-state index contributed by atoms with van der Waals surface area (Å²) in [5.41, 5.74) is 2.47. The normalized spacial score (nSPS) is 18.9. The van der Waals surface area contributed by atoms with Gasteiger partial charge in [-0.1, -0.05) is 6.92 Å². The van der Waals surface area contributed by atoms with Gasteiger partial charge in [-0.3, -0.25) is 9.59 Å². The fourth-order valence-corrected chi connectivity index (χ4v) is 4.76. The number of anilines is 1. The predicted octanol–water partition coefficient (Wildman–Crippen LogP) is 3.45. The van der Waals surface area contributed by atoms with Crippen LogP contribution in [0.3, 0.4) is 0 Å². The Kier molecular flexibility index (Phi) is 5.50. The summed E-state index contributed by atoms with van der Waals surface area (Å²) in [6.07, 6.45) is 5.99. The molecule has 0 unspecified atom stereocenters. The molecule has 1 aliphatic rings. The molecule has 3 aromatic heterocycles. The van der Waals surface area contributed by atoms with Gasteiger partial charge in [0.2, 0.25) is 5.91 Å². The van der Waals surface area contributed by atoms with E-state index < -0.39 is 0 Å². The number of thiazole rings is 1. The van der Waals surface area contributed by atoms with E-state index >= 15 is 0 Å². The molecule has 1 amide bonds. The van der Waals surface area contributed by atoms with E-state index in [-0.39, 0.29) is 24.2 Å². The highest BCUT2D eigenvalue weighted by atomic mass is 32.1. The molecule has 3 aromatic rings. The molecule has 2 N–H and O–H groups in total. The largest absolute Gasteiger partial charge is 0.379 e. The number of Topliss-reactive ketones (excluding diaryl/α,β-unsaturated/α-hetero) is 1. The smallest absolute Gasteiger partial charge is 0.236 e. The first-order valence-corrected chi connectivity index (χ1v) is 10.6. The summed E-state index contributed by atoms with van der Waals surface area (Å²) >= 11 is 1.34. The van der Waals surface area contributed by atoms with Crippen LogP contribution in [0.4, 0.5) is 5.69 Å². The molecule has 1 aliphatic heterocycles. The zero-order valence-corrected chi connectivity index (χ0v) is 17.6. The molecule has 2 atom stereocenters. The molecule has 0 aromatic carbocycles. The highest BCUT2D eigenvalue weighted by molar-refractivity contribution is 7.17. The van der Waals surface area contributed by atoms with Crippen LogP contribution in [-0.2, 0) is 4.79 Å². The Hall–Kier alpha value is -3.25. The lowest BCUT2D eigenvalue weighted by Gasteiger charge is -2.37. The van der Waals surface area contributed by atoms with Crippen LogP contribution < -0.4 is 5.32 Å². The maximum absolute atomic E-state index is 12.3. The SMILES string of the molecule is CC(=O)c1cnc(-c2cnc3[nH]ccc3c2N[C@@H]2C[C@H](C)CN(C(=O)CC#N)C2)s1. The number of hydrogen-bond donors (Lipinski definition) is 2. The van der Waals surface area contributed by atoms with Gasteiger partial charge in [0.15, 0.2) is 5.78 Å². The van der Waals surface area contributed by atoms with E-state index in [1.54, 1.807) is 17.3 Å². The molecule has 9 heteroatoms. The van der Waals surface area contributed by atoms with Crippen molar-refractivity contribution in [1.29, 1.82) is 5.26 Å². The lowest BCUT2D eigenvalue weighted by Crippen LogP contribution is -2.48. The average Bonchev–Trinajstić information content (AvgIpc) is 3.38. The molecule has 1 fully saturated rings. The second kappa shape index (κ2) is 8.24. The number of aromatic amines is 1. The number of aromatic nitrogens is 3. The maximum atomic E-state index is 12.3. The van der Waals surface area contributed by atoms with Gasteiger partial charge in [-0.15, -0.1) is 11.3 Å². The summed E-state index contributed by atoms with van der Waals surface area (Å²) in [7, 11) is 0. The van der Waals surface area contributed by atoms with Gasteiger partial charge in [-0.25, -0.2) is 9.97 Å². The second-order valence-corrected chi connectivity index (χ2v) is 8.72. The number of hydrogen-bond acceptors (Lipinski definition) is 7. The lowest BCUT2D eigenvalue weighted by atomic mass is 9.95. The van der Waals surface area contributed by atoms with Gasteiger partial charge in [0.1, 0.15) is 17.1 Å². The molecule has 0 aliphatic carbocycles. The number of nitrogens with one attached hydrogen (secondary N) is 2. The topological polar surface area (TPSA) is 115 Å². The van der Waals surface area contributed by atoms with Crippen LogP contribution in [0, 0.1) is 17.2 Å². The van der Waals surface area contributed by atoms with Crippen molar-refractivity contribution in [2.24, 2.45) is 5.92 Å². The molecular formula is C21H22N6O2S. The van der Waals surface area contributed by atoms with E-state index in [9.17, 15) is 9.59 Å². The van der Waals surface area contributed by atoms with Crippen molar-refractivity contribution < 1.29 is 9.59 Å². The number of nitriles is 1.